The third-order valence-corrected chi connectivity index (χ3v) is 4.43. The highest BCUT2D eigenvalue weighted by atomic mass is 127. The average Bonchev–Trinajstić information content (AvgIpc) is 2.76. The number of para-hydroxylation sites is 1. The van der Waals surface area contributed by atoms with Gasteiger partial charge in [-0.3, -0.25) is 4.57 Å². The summed E-state index contributed by atoms with van der Waals surface area (Å²) < 4.78 is 3.20. The predicted octanol–water partition coefficient (Wildman–Crippen LogP) is 5.33. The summed E-state index contributed by atoms with van der Waals surface area (Å²) in [5.41, 5.74) is 4.01. The maximum absolute atomic E-state index is 6.39. The van der Waals surface area contributed by atoms with Crippen LogP contribution >= 0.6 is 45.8 Å². The number of imidazole rings is 1. The first-order valence-corrected chi connectivity index (χ1v) is 8.09. The minimum Gasteiger partial charge on any atom is -0.294 e. The molecule has 0 saturated heterocycles. The van der Waals surface area contributed by atoms with Crippen molar-refractivity contribution in [3.05, 3.63) is 56.4 Å². The Bertz CT molecular complexity index is 776. The summed E-state index contributed by atoms with van der Waals surface area (Å²) in [5.74, 6) is 1.15. The van der Waals surface area contributed by atoms with E-state index in [1.54, 1.807) is 0 Å². The van der Waals surface area contributed by atoms with Gasteiger partial charge in [-0.25, -0.2) is 4.98 Å². The summed E-state index contributed by atoms with van der Waals surface area (Å²) >= 11 is 14.7. The quantitative estimate of drug-likeness (QED) is 0.407. The van der Waals surface area contributed by atoms with Crippen molar-refractivity contribution in [2.24, 2.45) is 0 Å². The highest BCUT2D eigenvalue weighted by Gasteiger charge is 2.15. The number of aryl methyl sites for hydroxylation is 1. The minimum absolute atomic E-state index is 0.343. The Kier molecular flexibility index (Phi) is 3.93. The number of rotatable bonds is 2. The lowest BCUT2D eigenvalue weighted by atomic mass is 10.2. The number of fused-ring (bicyclic) bond motifs is 1. The van der Waals surface area contributed by atoms with Crippen LogP contribution in [0.5, 0.6) is 0 Å². The maximum atomic E-state index is 6.39. The molecule has 0 atom stereocenters. The Hall–Kier alpha value is -0.780. The number of nitrogens with zero attached hydrogens (tertiary/aromatic N) is 2. The van der Waals surface area contributed by atoms with E-state index in [0.29, 0.717) is 10.9 Å². The molecular weight excluding hydrogens is 406 g/mol. The highest BCUT2D eigenvalue weighted by molar-refractivity contribution is 14.1. The number of halogens is 3. The molecule has 0 aliphatic heterocycles. The normalized spacial score (nSPS) is 11.2. The molecule has 3 rings (SSSR count). The number of hydrogen-bond acceptors (Lipinski definition) is 1. The highest BCUT2D eigenvalue weighted by Crippen LogP contribution is 2.30. The second-order valence-electron chi connectivity index (χ2n) is 4.54. The zero-order valence-electron chi connectivity index (χ0n) is 10.7. The first-order chi connectivity index (χ1) is 9.61. The van der Waals surface area contributed by atoms with Gasteiger partial charge in [-0.1, -0.05) is 23.7 Å². The van der Waals surface area contributed by atoms with E-state index in [4.69, 9.17) is 23.2 Å². The zero-order valence-corrected chi connectivity index (χ0v) is 14.4. The summed E-state index contributed by atoms with van der Waals surface area (Å²) in [6.45, 7) is 2.04. The molecule has 0 N–H and O–H groups in total. The maximum Gasteiger partial charge on any atom is 0.129 e. The van der Waals surface area contributed by atoms with E-state index in [1.165, 1.54) is 0 Å². The molecule has 0 amide bonds. The van der Waals surface area contributed by atoms with Crippen LogP contribution in [0, 0.1) is 10.5 Å². The Morgan fingerprint density at radius 2 is 2.05 bits per heavy atom. The van der Waals surface area contributed by atoms with E-state index in [1.807, 2.05) is 25.1 Å². The van der Waals surface area contributed by atoms with Crippen LogP contribution in [0.25, 0.3) is 16.7 Å². The molecule has 20 heavy (non-hydrogen) atoms. The fraction of sp³-hybridized carbons (Fsp3) is 0.133. The Labute approximate surface area is 140 Å². The van der Waals surface area contributed by atoms with Crippen LogP contribution < -0.4 is 0 Å². The molecule has 0 aliphatic rings. The molecule has 0 spiro atoms. The fourth-order valence-corrected chi connectivity index (χ4v) is 3.31. The molecular formula is C15H11Cl2IN2. The van der Waals surface area contributed by atoms with Crippen molar-refractivity contribution < 1.29 is 0 Å². The van der Waals surface area contributed by atoms with Crippen LogP contribution in [0.4, 0.5) is 0 Å². The molecule has 0 fully saturated rings. The molecule has 5 heteroatoms. The van der Waals surface area contributed by atoms with E-state index in [9.17, 15) is 0 Å². The van der Waals surface area contributed by atoms with Crippen molar-refractivity contribution in [3.63, 3.8) is 0 Å². The fourth-order valence-electron chi connectivity index (χ4n) is 2.35. The molecule has 0 aliphatic carbocycles. The van der Waals surface area contributed by atoms with Gasteiger partial charge in [-0.15, -0.1) is 11.6 Å². The van der Waals surface area contributed by atoms with Crippen molar-refractivity contribution in [1.29, 1.82) is 0 Å². The summed E-state index contributed by atoms with van der Waals surface area (Å²) in [5, 5.41) is 0.703. The van der Waals surface area contributed by atoms with Gasteiger partial charge in [0.2, 0.25) is 0 Å². The van der Waals surface area contributed by atoms with Crippen molar-refractivity contribution in [3.8, 4) is 5.69 Å². The van der Waals surface area contributed by atoms with Gasteiger partial charge in [0.15, 0.2) is 0 Å². The third kappa shape index (κ3) is 2.32. The summed E-state index contributed by atoms with van der Waals surface area (Å²) in [7, 11) is 0. The van der Waals surface area contributed by atoms with Crippen molar-refractivity contribution in [2.75, 3.05) is 0 Å². The molecule has 2 aromatic carbocycles. The third-order valence-electron chi connectivity index (χ3n) is 3.22. The van der Waals surface area contributed by atoms with Gasteiger partial charge < -0.3 is 0 Å². The van der Waals surface area contributed by atoms with Crippen molar-refractivity contribution >= 4 is 56.8 Å². The smallest absolute Gasteiger partial charge is 0.129 e. The van der Waals surface area contributed by atoms with Crippen LogP contribution in [0.15, 0.2) is 36.4 Å². The molecule has 102 valence electrons. The van der Waals surface area contributed by atoms with Crippen molar-refractivity contribution in [2.45, 2.75) is 12.8 Å². The monoisotopic (exact) mass is 416 g/mol. The summed E-state index contributed by atoms with van der Waals surface area (Å²) in [6, 6.07) is 12.0. The molecule has 3 aromatic rings. The van der Waals surface area contributed by atoms with Crippen LogP contribution in [0.3, 0.4) is 0 Å². The van der Waals surface area contributed by atoms with Gasteiger partial charge in [0.05, 0.1) is 27.6 Å². The van der Waals surface area contributed by atoms with Gasteiger partial charge in [0.1, 0.15) is 5.82 Å². The van der Waals surface area contributed by atoms with Crippen LogP contribution in [-0.4, -0.2) is 9.55 Å². The van der Waals surface area contributed by atoms with Gasteiger partial charge in [-0.05, 0) is 59.3 Å². The number of hydrogen-bond donors (Lipinski definition) is 0. The largest absolute Gasteiger partial charge is 0.294 e. The first-order valence-electron chi connectivity index (χ1n) is 6.10. The van der Waals surface area contributed by atoms with Crippen LogP contribution in [-0.2, 0) is 5.88 Å². The lowest BCUT2D eigenvalue weighted by Crippen LogP contribution is -2.02. The number of benzene rings is 2. The second kappa shape index (κ2) is 5.54. The lowest BCUT2D eigenvalue weighted by molar-refractivity contribution is 0.972. The van der Waals surface area contributed by atoms with Gasteiger partial charge in [0, 0.05) is 3.57 Å². The lowest BCUT2D eigenvalue weighted by Gasteiger charge is -2.13. The average molecular weight is 417 g/mol. The van der Waals surface area contributed by atoms with Gasteiger partial charge in [0.25, 0.3) is 0 Å². The molecule has 0 bridgehead atoms. The Morgan fingerprint density at radius 1 is 1.25 bits per heavy atom. The van der Waals surface area contributed by atoms with E-state index >= 15 is 0 Å². The molecule has 0 saturated carbocycles. The molecule has 0 radical (unpaired) electrons. The number of aromatic nitrogens is 2. The minimum atomic E-state index is 0.343. The topological polar surface area (TPSA) is 17.8 Å². The summed E-state index contributed by atoms with van der Waals surface area (Å²) in [6.07, 6.45) is 0. The molecule has 2 nitrogen and oxygen atoms in total. The number of alkyl halides is 1. The van der Waals surface area contributed by atoms with Crippen LogP contribution in [0.1, 0.15) is 11.4 Å². The first kappa shape index (κ1) is 14.2. The van der Waals surface area contributed by atoms with E-state index in [-0.39, 0.29) is 0 Å². The molecule has 1 heterocycles. The Morgan fingerprint density at radius 3 is 2.75 bits per heavy atom. The van der Waals surface area contributed by atoms with Gasteiger partial charge >= 0.3 is 0 Å². The SMILES string of the molecule is Cc1cccc(Cl)c1-n1c(CCl)nc2cc(I)ccc21. The predicted molar refractivity (Wildman–Crippen MR) is 93.1 cm³/mol. The molecule has 0 unspecified atom stereocenters. The molecule has 1 aromatic heterocycles. The van der Waals surface area contributed by atoms with E-state index in [2.05, 4.69) is 50.3 Å². The summed E-state index contributed by atoms with van der Waals surface area (Å²) in [4.78, 5) is 4.62. The standard InChI is InChI=1S/C15H11Cl2IN2/c1-9-3-2-4-11(17)15(9)20-13-6-5-10(18)7-12(13)19-14(20)8-16/h2-7H,8H2,1H3. The van der Waals surface area contributed by atoms with Crippen LogP contribution in [0.2, 0.25) is 5.02 Å². The second-order valence-corrected chi connectivity index (χ2v) is 6.46. The van der Waals surface area contributed by atoms with Crippen molar-refractivity contribution in [1.82, 2.24) is 9.55 Å². The van der Waals surface area contributed by atoms with Gasteiger partial charge in [-0.2, -0.15) is 0 Å². The van der Waals surface area contributed by atoms with E-state index < -0.39 is 0 Å². The zero-order chi connectivity index (χ0) is 14.3. The van der Waals surface area contributed by atoms with E-state index in [0.717, 1.165) is 31.7 Å². The Balaban J connectivity index is 2.40.